The van der Waals surface area contributed by atoms with Gasteiger partial charge in [-0.1, -0.05) is 24.3 Å². The molecule has 3 unspecified atom stereocenters. The summed E-state index contributed by atoms with van der Waals surface area (Å²) in [6.45, 7) is 5.35. The molecule has 2 N–H and O–H groups in total. The van der Waals surface area contributed by atoms with Gasteiger partial charge in [-0.25, -0.2) is 0 Å². The highest BCUT2D eigenvalue weighted by molar-refractivity contribution is 5.78. The summed E-state index contributed by atoms with van der Waals surface area (Å²) < 4.78 is 0. The van der Waals surface area contributed by atoms with Crippen LogP contribution in [0.25, 0.3) is 0 Å². The van der Waals surface area contributed by atoms with Gasteiger partial charge in [-0.3, -0.25) is 9.69 Å². The van der Waals surface area contributed by atoms with E-state index < -0.39 is 0 Å². The van der Waals surface area contributed by atoms with Crippen molar-refractivity contribution in [1.82, 2.24) is 9.80 Å². The van der Waals surface area contributed by atoms with E-state index in [9.17, 15) is 4.79 Å². The molecule has 0 aromatic heterocycles. The third-order valence-corrected chi connectivity index (χ3v) is 5.44. The first-order chi connectivity index (χ1) is 10.5. The van der Waals surface area contributed by atoms with Crippen LogP contribution in [0, 0.1) is 18.8 Å². The summed E-state index contributed by atoms with van der Waals surface area (Å²) >= 11 is 0. The Morgan fingerprint density at radius 1 is 1.32 bits per heavy atom. The van der Waals surface area contributed by atoms with Crippen LogP contribution in [0.3, 0.4) is 0 Å². The van der Waals surface area contributed by atoms with Crippen molar-refractivity contribution in [3.63, 3.8) is 0 Å². The zero-order valence-corrected chi connectivity index (χ0v) is 13.7. The quantitative estimate of drug-likeness (QED) is 0.919. The van der Waals surface area contributed by atoms with Gasteiger partial charge in [0.25, 0.3) is 0 Å². The third-order valence-electron chi connectivity index (χ3n) is 5.44. The molecule has 0 bridgehead atoms. The summed E-state index contributed by atoms with van der Waals surface area (Å²) in [5, 5.41) is 0. The lowest BCUT2D eigenvalue weighted by Crippen LogP contribution is -2.38. The first kappa shape index (κ1) is 15.5. The minimum atomic E-state index is 0.205. The summed E-state index contributed by atoms with van der Waals surface area (Å²) in [5.41, 5.74) is 8.63. The molecule has 0 radical (unpaired) electrons. The Kier molecular flexibility index (Phi) is 4.50. The summed E-state index contributed by atoms with van der Waals surface area (Å²) in [6, 6.07) is 8.60. The molecule has 22 heavy (non-hydrogen) atoms. The third kappa shape index (κ3) is 3.18. The normalized spacial score (nSPS) is 27.9. The predicted molar refractivity (Wildman–Crippen MR) is 88.3 cm³/mol. The molecule has 4 heteroatoms. The van der Waals surface area contributed by atoms with Crippen LogP contribution < -0.4 is 5.73 Å². The van der Waals surface area contributed by atoms with Gasteiger partial charge in [-0.15, -0.1) is 0 Å². The molecule has 2 aliphatic rings. The highest BCUT2D eigenvalue weighted by Gasteiger charge is 2.41. The van der Waals surface area contributed by atoms with Crippen molar-refractivity contribution in [3.8, 4) is 0 Å². The van der Waals surface area contributed by atoms with E-state index in [1.165, 1.54) is 17.5 Å². The number of rotatable bonds is 4. The fourth-order valence-electron chi connectivity index (χ4n) is 3.97. The van der Waals surface area contributed by atoms with Crippen LogP contribution in [0.4, 0.5) is 0 Å². The van der Waals surface area contributed by atoms with Gasteiger partial charge in [-0.05, 0) is 42.7 Å². The molecule has 1 aromatic carbocycles. The van der Waals surface area contributed by atoms with E-state index in [0.717, 1.165) is 19.5 Å². The fraction of sp³-hybridized carbons (Fsp3) is 0.611. The second-order valence-corrected chi connectivity index (χ2v) is 7.04. The predicted octanol–water partition coefficient (Wildman–Crippen LogP) is 1.62. The van der Waals surface area contributed by atoms with Crippen LogP contribution in [0.1, 0.15) is 24.0 Å². The maximum atomic E-state index is 12.5. The maximum Gasteiger partial charge on any atom is 0.236 e. The van der Waals surface area contributed by atoms with Crippen molar-refractivity contribution in [2.24, 2.45) is 17.6 Å². The SMILES string of the molecule is Cc1ccccc1CN(C)C(=O)CN1CC2CCC(N)C2C1. The number of fused-ring (bicyclic) bond motifs is 1. The Morgan fingerprint density at radius 3 is 2.82 bits per heavy atom. The highest BCUT2D eigenvalue weighted by atomic mass is 16.2. The Balaban J connectivity index is 1.53. The van der Waals surface area contributed by atoms with Crippen molar-refractivity contribution >= 4 is 5.91 Å². The first-order valence-corrected chi connectivity index (χ1v) is 8.31. The average Bonchev–Trinajstić information content (AvgIpc) is 3.03. The van der Waals surface area contributed by atoms with E-state index in [4.69, 9.17) is 5.73 Å². The molecule has 2 fully saturated rings. The standard InChI is InChI=1S/C18H27N3O/c1-13-5-3-4-6-14(13)9-20(2)18(22)12-21-10-15-7-8-17(19)16(15)11-21/h3-6,15-17H,7-12,19H2,1-2H3. The van der Waals surface area contributed by atoms with Crippen molar-refractivity contribution in [2.75, 3.05) is 26.7 Å². The molecular formula is C18H27N3O. The molecule has 1 heterocycles. The smallest absolute Gasteiger partial charge is 0.236 e. The fourth-order valence-corrected chi connectivity index (χ4v) is 3.97. The number of amides is 1. The van der Waals surface area contributed by atoms with E-state index in [0.29, 0.717) is 31.0 Å². The molecule has 1 amide bonds. The minimum absolute atomic E-state index is 0.205. The molecule has 120 valence electrons. The van der Waals surface area contributed by atoms with E-state index in [-0.39, 0.29) is 5.91 Å². The molecule has 3 atom stereocenters. The second kappa shape index (κ2) is 6.39. The number of carbonyl (C=O) groups is 1. The summed E-state index contributed by atoms with van der Waals surface area (Å²) in [7, 11) is 1.90. The summed E-state index contributed by atoms with van der Waals surface area (Å²) in [6.07, 6.45) is 2.39. The lowest BCUT2D eigenvalue weighted by atomic mass is 9.98. The number of hydrogen-bond acceptors (Lipinski definition) is 3. The number of hydrogen-bond donors (Lipinski definition) is 1. The Labute approximate surface area is 133 Å². The molecule has 1 aliphatic carbocycles. The lowest BCUT2D eigenvalue weighted by molar-refractivity contribution is -0.131. The van der Waals surface area contributed by atoms with Gasteiger partial charge in [0.05, 0.1) is 6.54 Å². The van der Waals surface area contributed by atoms with Crippen LogP contribution in [-0.4, -0.2) is 48.4 Å². The van der Waals surface area contributed by atoms with E-state index in [2.05, 4.69) is 24.0 Å². The topological polar surface area (TPSA) is 49.6 Å². The number of benzene rings is 1. The maximum absolute atomic E-state index is 12.5. The highest BCUT2D eigenvalue weighted by Crippen LogP contribution is 2.36. The number of likely N-dealkylation sites (N-methyl/N-ethyl adjacent to an activating group) is 1. The molecular weight excluding hydrogens is 274 g/mol. The van der Waals surface area contributed by atoms with Gasteiger partial charge in [0, 0.05) is 32.7 Å². The Hall–Kier alpha value is -1.39. The van der Waals surface area contributed by atoms with Crippen molar-refractivity contribution in [3.05, 3.63) is 35.4 Å². The van der Waals surface area contributed by atoms with E-state index in [1.54, 1.807) is 0 Å². The van der Waals surface area contributed by atoms with Crippen LogP contribution in [0.15, 0.2) is 24.3 Å². The Morgan fingerprint density at radius 2 is 2.09 bits per heavy atom. The summed E-state index contributed by atoms with van der Waals surface area (Å²) in [5.74, 6) is 1.52. The van der Waals surface area contributed by atoms with E-state index >= 15 is 0 Å². The largest absolute Gasteiger partial charge is 0.340 e. The van der Waals surface area contributed by atoms with Crippen molar-refractivity contribution < 1.29 is 4.79 Å². The zero-order valence-electron chi connectivity index (χ0n) is 13.7. The Bertz CT molecular complexity index is 545. The van der Waals surface area contributed by atoms with Gasteiger partial charge in [0.15, 0.2) is 0 Å². The molecule has 1 aliphatic heterocycles. The van der Waals surface area contributed by atoms with Crippen LogP contribution in [0.2, 0.25) is 0 Å². The number of carbonyl (C=O) groups excluding carboxylic acids is 1. The summed E-state index contributed by atoms with van der Waals surface area (Å²) in [4.78, 5) is 16.6. The monoisotopic (exact) mass is 301 g/mol. The first-order valence-electron chi connectivity index (χ1n) is 8.31. The van der Waals surface area contributed by atoms with Gasteiger partial charge >= 0.3 is 0 Å². The lowest BCUT2D eigenvalue weighted by Gasteiger charge is -2.23. The number of nitrogens with two attached hydrogens (primary N) is 1. The minimum Gasteiger partial charge on any atom is -0.340 e. The number of aryl methyl sites for hydroxylation is 1. The zero-order chi connectivity index (χ0) is 15.7. The molecule has 1 saturated carbocycles. The molecule has 1 aromatic rings. The van der Waals surface area contributed by atoms with E-state index in [1.807, 2.05) is 24.1 Å². The number of likely N-dealkylation sites (tertiary alicyclic amines) is 1. The van der Waals surface area contributed by atoms with Gasteiger partial charge in [-0.2, -0.15) is 0 Å². The molecule has 1 saturated heterocycles. The van der Waals surface area contributed by atoms with Gasteiger partial charge in [0.2, 0.25) is 5.91 Å². The van der Waals surface area contributed by atoms with Crippen LogP contribution in [0.5, 0.6) is 0 Å². The van der Waals surface area contributed by atoms with Gasteiger partial charge < -0.3 is 10.6 Å². The molecule has 4 nitrogen and oxygen atoms in total. The van der Waals surface area contributed by atoms with Gasteiger partial charge in [0.1, 0.15) is 0 Å². The van der Waals surface area contributed by atoms with Crippen molar-refractivity contribution in [1.29, 1.82) is 0 Å². The van der Waals surface area contributed by atoms with Crippen molar-refractivity contribution in [2.45, 2.75) is 32.4 Å². The molecule has 3 rings (SSSR count). The van der Waals surface area contributed by atoms with Crippen LogP contribution in [-0.2, 0) is 11.3 Å². The van der Waals surface area contributed by atoms with Crippen LogP contribution >= 0.6 is 0 Å². The second-order valence-electron chi connectivity index (χ2n) is 7.04. The molecule has 0 spiro atoms. The number of nitrogens with zero attached hydrogens (tertiary/aromatic N) is 2. The average molecular weight is 301 g/mol.